The van der Waals surface area contributed by atoms with Gasteiger partial charge in [0.25, 0.3) is 0 Å². The minimum absolute atomic E-state index is 0.185. The highest BCUT2D eigenvalue weighted by molar-refractivity contribution is 8.00. The maximum Gasteiger partial charge on any atom is 0.222 e. The first-order chi connectivity index (χ1) is 19.9. The largest absolute Gasteiger partial charge is 0.222 e. The predicted octanol–water partition coefficient (Wildman–Crippen LogP) is 11.2. The number of hydrogen-bond donors (Lipinski definition) is 0. The second-order valence-corrected chi connectivity index (χ2v) is 16.7. The van der Waals surface area contributed by atoms with Crippen molar-refractivity contribution in [2.24, 2.45) is 17.9 Å². The van der Waals surface area contributed by atoms with E-state index in [9.17, 15) is 0 Å². The molecule has 5 aromatic rings. The number of aromatic nitrogens is 1. The number of fused-ring (bicyclic) bond motifs is 5. The van der Waals surface area contributed by atoms with E-state index in [4.69, 9.17) is 0 Å². The Hall–Kier alpha value is -2.84. The van der Waals surface area contributed by atoms with Crippen molar-refractivity contribution in [2.75, 3.05) is 0 Å². The fourth-order valence-corrected chi connectivity index (χ4v) is 9.30. The molecule has 2 aliphatic rings. The second kappa shape index (κ2) is 9.84. The lowest BCUT2D eigenvalue weighted by atomic mass is 9.81. The van der Waals surface area contributed by atoms with E-state index in [-0.39, 0.29) is 10.8 Å². The molecule has 216 valence electrons. The van der Waals surface area contributed by atoms with Crippen LogP contribution in [-0.2, 0) is 19.9 Å². The first-order valence-electron chi connectivity index (χ1n) is 16.0. The molecule has 2 heterocycles. The van der Waals surface area contributed by atoms with E-state index in [1.807, 2.05) is 11.8 Å². The van der Waals surface area contributed by atoms with Crippen LogP contribution in [0.5, 0.6) is 0 Å². The number of hydrogen-bond acceptors (Lipinski definition) is 1. The third-order valence-electron chi connectivity index (χ3n) is 9.61. The van der Waals surface area contributed by atoms with E-state index in [0.29, 0.717) is 0 Å². The van der Waals surface area contributed by atoms with Crippen LogP contribution in [0.25, 0.3) is 43.6 Å². The van der Waals surface area contributed by atoms with Crippen LogP contribution in [0.1, 0.15) is 95.4 Å². The predicted molar refractivity (Wildman–Crippen MR) is 182 cm³/mol. The highest BCUT2D eigenvalue weighted by Gasteiger charge is 2.34. The topological polar surface area (TPSA) is 3.88 Å². The molecule has 1 fully saturated rings. The third-order valence-corrected chi connectivity index (χ3v) is 10.9. The standard InChI is InChI=1S/C40H46NS/c1-24-32-19-25(22-39(2,3)4)13-15-31(32)33(23-40(5,6)7)38-34(24)36-35-28(17-18-41(36)8)21-29-20-27(26-11-9-10-12-26)14-16-30(29)37(35)42-38/h13-21,26H,9-12,22-23H2,1-8H3/q+1. The van der Waals surface area contributed by atoms with Crippen molar-refractivity contribution in [3.63, 3.8) is 0 Å². The summed E-state index contributed by atoms with van der Waals surface area (Å²) in [4.78, 5) is 2.92. The Morgan fingerprint density at radius 3 is 2.19 bits per heavy atom. The zero-order valence-electron chi connectivity index (χ0n) is 26.9. The molecule has 1 aliphatic heterocycles. The van der Waals surface area contributed by atoms with E-state index in [0.717, 1.165) is 18.8 Å². The highest BCUT2D eigenvalue weighted by Crippen LogP contribution is 2.54. The van der Waals surface area contributed by atoms with Crippen molar-refractivity contribution in [3.8, 4) is 11.3 Å². The van der Waals surface area contributed by atoms with Gasteiger partial charge in [-0.1, -0.05) is 103 Å². The minimum atomic E-state index is 0.185. The summed E-state index contributed by atoms with van der Waals surface area (Å²) >= 11 is 2.05. The van der Waals surface area contributed by atoms with Crippen molar-refractivity contribution in [1.29, 1.82) is 0 Å². The van der Waals surface area contributed by atoms with E-state index in [2.05, 4.69) is 115 Å². The van der Waals surface area contributed by atoms with E-state index in [1.54, 1.807) is 0 Å². The number of pyridine rings is 1. The zero-order chi connectivity index (χ0) is 29.6. The Bertz CT molecular complexity index is 1890. The van der Waals surface area contributed by atoms with E-state index < -0.39 is 0 Å². The van der Waals surface area contributed by atoms with Gasteiger partial charge in [-0.2, -0.15) is 0 Å². The summed E-state index contributed by atoms with van der Waals surface area (Å²) in [6.45, 7) is 16.6. The van der Waals surface area contributed by atoms with Crippen molar-refractivity contribution < 1.29 is 4.57 Å². The molecule has 0 N–H and O–H groups in total. The van der Waals surface area contributed by atoms with Crippen molar-refractivity contribution in [2.45, 2.75) is 103 Å². The van der Waals surface area contributed by atoms with Crippen LogP contribution >= 0.6 is 11.8 Å². The molecule has 0 spiro atoms. The maximum atomic E-state index is 2.52. The smallest absolute Gasteiger partial charge is 0.200 e. The van der Waals surface area contributed by atoms with Crippen molar-refractivity contribution in [3.05, 3.63) is 77.0 Å². The molecule has 0 bridgehead atoms. The summed E-state index contributed by atoms with van der Waals surface area (Å²) in [5.41, 5.74) is 9.19. The SMILES string of the molecule is Cc1c2c(c(CC(C)(C)C)c3ccc(CC(C)(C)C)cc13)Sc1c3ccc(C4CCCC4)cc3cc3cc[n+](C)c-2c13. The summed E-state index contributed by atoms with van der Waals surface area (Å²) < 4.78 is 2.39. The average Bonchev–Trinajstić information content (AvgIpc) is 3.46. The van der Waals surface area contributed by atoms with Crippen LogP contribution < -0.4 is 4.57 Å². The summed E-state index contributed by atoms with van der Waals surface area (Å²) in [5.74, 6) is 0.731. The van der Waals surface area contributed by atoms with Gasteiger partial charge in [-0.3, -0.25) is 0 Å². The van der Waals surface area contributed by atoms with Gasteiger partial charge in [0.15, 0.2) is 6.20 Å². The Balaban J connectivity index is 1.54. The summed E-state index contributed by atoms with van der Waals surface area (Å²) in [6, 6.07) is 19.6. The number of nitrogens with zero attached hydrogens (tertiary/aromatic N) is 1. The number of benzene rings is 4. The van der Waals surface area contributed by atoms with E-state index >= 15 is 0 Å². The quantitative estimate of drug-likeness (QED) is 0.151. The van der Waals surface area contributed by atoms with Crippen molar-refractivity contribution in [1.82, 2.24) is 0 Å². The Morgan fingerprint density at radius 1 is 0.762 bits per heavy atom. The number of aryl methyl sites for hydroxylation is 2. The molecular formula is C40H46NS+. The maximum absolute atomic E-state index is 2.52. The normalized spacial score (nSPS) is 15.7. The molecule has 4 aromatic carbocycles. The zero-order valence-corrected chi connectivity index (χ0v) is 27.7. The summed E-state index contributed by atoms with van der Waals surface area (Å²) in [5, 5.41) is 8.47. The van der Waals surface area contributed by atoms with Gasteiger partial charge in [-0.05, 0) is 105 Å². The Morgan fingerprint density at radius 2 is 1.48 bits per heavy atom. The van der Waals surface area contributed by atoms with Gasteiger partial charge in [-0.15, -0.1) is 0 Å². The van der Waals surface area contributed by atoms with Crippen LogP contribution in [0.3, 0.4) is 0 Å². The molecular weight excluding hydrogens is 527 g/mol. The molecule has 1 aliphatic carbocycles. The molecule has 2 heteroatoms. The highest BCUT2D eigenvalue weighted by atomic mass is 32.2. The molecule has 0 atom stereocenters. The summed E-state index contributed by atoms with van der Waals surface area (Å²) in [6.07, 6.45) is 9.87. The van der Waals surface area contributed by atoms with Gasteiger partial charge in [0.05, 0.1) is 10.9 Å². The molecule has 0 amide bonds. The third kappa shape index (κ3) is 4.75. The molecule has 42 heavy (non-hydrogen) atoms. The second-order valence-electron chi connectivity index (χ2n) is 15.7. The lowest BCUT2D eigenvalue weighted by molar-refractivity contribution is -0.659. The first kappa shape index (κ1) is 28.0. The van der Waals surface area contributed by atoms with Gasteiger partial charge < -0.3 is 0 Å². The minimum Gasteiger partial charge on any atom is -0.200 e. The van der Waals surface area contributed by atoms with Crippen LogP contribution in [0.15, 0.2) is 64.5 Å². The van der Waals surface area contributed by atoms with E-state index in [1.165, 1.54) is 101 Å². The number of rotatable bonds is 3. The molecule has 0 saturated heterocycles. The Kier molecular flexibility index (Phi) is 6.55. The van der Waals surface area contributed by atoms with Gasteiger partial charge >= 0.3 is 0 Å². The molecule has 1 nitrogen and oxygen atoms in total. The Labute approximate surface area is 256 Å². The average molecular weight is 573 g/mol. The molecule has 7 rings (SSSR count). The van der Waals surface area contributed by atoms with Crippen LogP contribution in [-0.4, -0.2) is 0 Å². The van der Waals surface area contributed by atoms with Crippen LogP contribution in [0, 0.1) is 17.8 Å². The lowest BCUT2D eigenvalue weighted by Gasteiger charge is -2.29. The fourth-order valence-electron chi connectivity index (χ4n) is 7.82. The first-order valence-corrected chi connectivity index (χ1v) is 16.8. The van der Waals surface area contributed by atoms with Gasteiger partial charge in [0.2, 0.25) is 5.69 Å². The monoisotopic (exact) mass is 572 g/mol. The van der Waals surface area contributed by atoms with Crippen molar-refractivity contribution >= 4 is 44.1 Å². The lowest BCUT2D eigenvalue weighted by Crippen LogP contribution is -2.32. The molecule has 0 radical (unpaired) electrons. The van der Waals surface area contributed by atoms with Crippen LogP contribution in [0.4, 0.5) is 0 Å². The van der Waals surface area contributed by atoms with Gasteiger partial charge in [0.1, 0.15) is 7.05 Å². The van der Waals surface area contributed by atoms with Gasteiger partial charge in [-0.25, -0.2) is 4.57 Å². The fraction of sp³-hybridized carbons (Fsp3) is 0.425. The molecule has 0 unspecified atom stereocenters. The van der Waals surface area contributed by atoms with Crippen LogP contribution in [0.2, 0.25) is 0 Å². The van der Waals surface area contributed by atoms with Gasteiger partial charge in [0, 0.05) is 15.9 Å². The molecule has 1 saturated carbocycles. The summed E-state index contributed by atoms with van der Waals surface area (Å²) in [7, 11) is 2.24. The molecule has 1 aromatic heterocycles.